The largest absolute Gasteiger partial charge is 0.472 e. The highest BCUT2D eigenvalue weighted by molar-refractivity contribution is 6.00. The number of hydrogen-bond acceptors (Lipinski definition) is 4. The summed E-state index contributed by atoms with van der Waals surface area (Å²) in [5.74, 6) is 0.979. The van der Waals surface area contributed by atoms with Gasteiger partial charge in [-0.2, -0.15) is 5.10 Å². The molecule has 0 spiro atoms. The Kier molecular flexibility index (Phi) is 3.46. The Morgan fingerprint density at radius 1 is 0.933 bits per heavy atom. The Labute approximate surface area is 171 Å². The van der Waals surface area contributed by atoms with Gasteiger partial charge in [-0.1, -0.05) is 6.07 Å². The fourth-order valence-electron chi connectivity index (χ4n) is 3.96. The molecule has 0 bridgehead atoms. The van der Waals surface area contributed by atoms with Crippen molar-refractivity contribution in [2.45, 2.75) is 6.92 Å². The topological polar surface area (TPSA) is 88.3 Å². The van der Waals surface area contributed by atoms with Crippen molar-refractivity contribution in [3.63, 3.8) is 0 Å². The van der Waals surface area contributed by atoms with Gasteiger partial charge in [-0.05, 0) is 37.3 Å². The van der Waals surface area contributed by atoms with E-state index in [2.05, 4.69) is 54.0 Å². The molecule has 0 aliphatic rings. The maximum absolute atomic E-state index is 5.25. The number of pyridine rings is 1. The molecule has 0 saturated heterocycles. The smallest absolute Gasteiger partial charge is 0.116 e. The number of fused-ring (bicyclic) bond motifs is 2. The molecule has 0 aliphatic heterocycles. The SMILES string of the molecule is Cc1ncc(-c2ccc3[nH]nc(-c4cc5c(-c6ccoc6)nccc5[nH]4)c3c2)n1C. The molecular weight excluding hydrogens is 376 g/mol. The van der Waals surface area contributed by atoms with Crippen LogP contribution in [0.5, 0.6) is 0 Å². The van der Waals surface area contributed by atoms with Crippen LogP contribution in [-0.2, 0) is 7.05 Å². The van der Waals surface area contributed by atoms with Crippen LogP contribution in [0.15, 0.2) is 65.7 Å². The second kappa shape index (κ2) is 6.18. The zero-order chi connectivity index (χ0) is 20.2. The Hall–Kier alpha value is -4.13. The van der Waals surface area contributed by atoms with Crippen LogP contribution in [0, 0.1) is 6.92 Å². The fraction of sp³-hybridized carbons (Fsp3) is 0.0870. The number of aromatic nitrogens is 6. The summed E-state index contributed by atoms with van der Waals surface area (Å²) in [7, 11) is 2.03. The van der Waals surface area contributed by atoms with Gasteiger partial charge in [0.25, 0.3) is 0 Å². The highest BCUT2D eigenvalue weighted by Crippen LogP contribution is 2.34. The van der Waals surface area contributed by atoms with Gasteiger partial charge in [-0.15, -0.1) is 0 Å². The molecule has 0 radical (unpaired) electrons. The van der Waals surface area contributed by atoms with E-state index in [1.54, 1.807) is 18.7 Å². The summed E-state index contributed by atoms with van der Waals surface area (Å²) < 4.78 is 7.34. The van der Waals surface area contributed by atoms with Crippen LogP contribution in [0.3, 0.4) is 0 Å². The molecule has 5 heterocycles. The van der Waals surface area contributed by atoms with Crippen molar-refractivity contribution in [1.29, 1.82) is 0 Å². The van der Waals surface area contributed by atoms with Gasteiger partial charge in [0.15, 0.2) is 0 Å². The van der Waals surface area contributed by atoms with Crippen molar-refractivity contribution in [3.8, 4) is 33.9 Å². The van der Waals surface area contributed by atoms with E-state index in [4.69, 9.17) is 4.42 Å². The van der Waals surface area contributed by atoms with E-state index >= 15 is 0 Å². The lowest BCUT2D eigenvalue weighted by Crippen LogP contribution is -1.94. The van der Waals surface area contributed by atoms with Gasteiger partial charge >= 0.3 is 0 Å². The summed E-state index contributed by atoms with van der Waals surface area (Å²) >= 11 is 0. The maximum Gasteiger partial charge on any atom is 0.116 e. The minimum absolute atomic E-state index is 0.875. The summed E-state index contributed by atoms with van der Waals surface area (Å²) in [5, 5.41) is 9.83. The van der Waals surface area contributed by atoms with Crippen molar-refractivity contribution in [2.75, 3.05) is 0 Å². The predicted octanol–water partition coefficient (Wildman–Crippen LogP) is 5.08. The molecule has 6 aromatic rings. The van der Waals surface area contributed by atoms with Crippen molar-refractivity contribution < 1.29 is 4.42 Å². The van der Waals surface area contributed by atoms with Gasteiger partial charge in [-0.25, -0.2) is 4.98 Å². The average molecular weight is 394 g/mol. The number of nitrogens with one attached hydrogen (secondary N) is 2. The third kappa shape index (κ3) is 2.42. The molecular formula is C23H18N6O. The van der Waals surface area contributed by atoms with E-state index in [-0.39, 0.29) is 0 Å². The minimum atomic E-state index is 0.875. The van der Waals surface area contributed by atoms with Crippen LogP contribution >= 0.6 is 0 Å². The first-order valence-electron chi connectivity index (χ1n) is 9.66. The number of aryl methyl sites for hydroxylation is 1. The number of imidazole rings is 1. The molecule has 1 aromatic carbocycles. The van der Waals surface area contributed by atoms with E-state index in [0.29, 0.717) is 0 Å². The van der Waals surface area contributed by atoms with Crippen molar-refractivity contribution in [1.82, 2.24) is 29.7 Å². The van der Waals surface area contributed by atoms with Gasteiger partial charge in [0.2, 0.25) is 0 Å². The molecule has 0 atom stereocenters. The second-order valence-electron chi connectivity index (χ2n) is 7.40. The monoisotopic (exact) mass is 394 g/mol. The predicted molar refractivity (Wildman–Crippen MR) is 116 cm³/mol. The van der Waals surface area contributed by atoms with Gasteiger partial charge in [-0.3, -0.25) is 10.1 Å². The van der Waals surface area contributed by atoms with E-state index in [0.717, 1.165) is 61.5 Å². The van der Waals surface area contributed by atoms with Gasteiger partial charge < -0.3 is 14.0 Å². The summed E-state index contributed by atoms with van der Waals surface area (Å²) in [4.78, 5) is 12.5. The molecule has 0 fully saturated rings. The van der Waals surface area contributed by atoms with Crippen LogP contribution in [0.2, 0.25) is 0 Å². The second-order valence-corrected chi connectivity index (χ2v) is 7.40. The lowest BCUT2D eigenvalue weighted by atomic mass is 10.1. The first-order valence-corrected chi connectivity index (χ1v) is 9.66. The van der Waals surface area contributed by atoms with Crippen LogP contribution in [-0.4, -0.2) is 29.7 Å². The molecule has 30 heavy (non-hydrogen) atoms. The fourth-order valence-corrected chi connectivity index (χ4v) is 3.96. The first-order chi connectivity index (χ1) is 14.7. The van der Waals surface area contributed by atoms with Crippen LogP contribution in [0.1, 0.15) is 5.82 Å². The van der Waals surface area contributed by atoms with Gasteiger partial charge in [0.05, 0.1) is 41.3 Å². The number of H-pyrrole nitrogens is 2. The minimum Gasteiger partial charge on any atom is -0.472 e. The van der Waals surface area contributed by atoms with Crippen LogP contribution in [0.4, 0.5) is 0 Å². The van der Waals surface area contributed by atoms with Crippen molar-refractivity contribution in [3.05, 3.63) is 67.1 Å². The average Bonchev–Trinajstić information content (AvgIpc) is 3.54. The number of rotatable bonds is 3. The van der Waals surface area contributed by atoms with Crippen molar-refractivity contribution in [2.24, 2.45) is 7.05 Å². The van der Waals surface area contributed by atoms with E-state index in [9.17, 15) is 0 Å². The Morgan fingerprint density at radius 3 is 2.63 bits per heavy atom. The standard InChI is InChI=1S/C23H18N6O/c1-13-25-11-21(29(13)2)14-3-4-19-16(9-14)23(28-27-19)20-10-17-18(26-20)5-7-24-22(17)15-6-8-30-12-15/h3-12,26H,1-2H3,(H,27,28). The first kappa shape index (κ1) is 16.8. The zero-order valence-corrected chi connectivity index (χ0v) is 16.5. The third-order valence-electron chi connectivity index (χ3n) is 5.68. The highest BCUT2D eigenvalue weighted by atomic mass is 16.3. The molecule has 146 valence electrons. The molecule has 7 heteroatoms. The van der Waals surface area contributed by atoms with Gasteiger partial charge in [0.1, 0.15) is 11.5 Å². The Bertz CT molecular complexity index is 1520. The molecule has 7 nitrogen and oxygen atoms in total. The number of nitrogens with zero attached hydrogens (tertiary/aromatic N) is 4. The quantitative estimate of drug-likeness (QED) is 0.438. The molecule has 0 aliphatic carbocycles. The number of furan rings is 1. The van der Waals surface area contributed by atoms with Gasteiger partial charge in [0, 0.05) is 40.7 Å². The zero-order valence-electron chi connectivity index (χ0n) is 16.5. The number of aromatic amines is 2. The molecule has 6 rings (SSSR count). The summed E-state index contributed by atoms with van der Waals surface area (Å²) in [6.07, 6.45) is 7.07. The lowest BCUT2D eigenvalue weighted by molar-refractivity contribution is 0.568. The Balaban J connectivity index is 1.53. The molecule has 2 N–H and O–H groups in total. The van der Waals surface area contributed by atoms with Crippen LogP contribution < -0.4 is 0 Å². The summed E-state index contributed by atoms with van der Waals surface area (Å²) in [6, 6.07) is 12.3. The summed E-state index contributed by atoms with van der Waals surface area (Å²) in [6.45, 7) is 2.00. The number of benzene rings is 1. The molecule has 5 aromatic heterocycles. The molecule has 0 saturated carbocycles. The van der Waals surface area contributed by atoms with E-state index < -0.39 is 0 Å². The van der Waals surface area contributed by atoms with Crippen LogP contribution in [0.25, 0.3) is 55.7 Å². The molecule has 0 unspecified atom stereocenters. The normalized spacial score (nSPS) is 11.7. The van der Waals surface area contributed by atoms with Crippen molar-refractivity contribution >= 4 is 21.8 Å². The van der Waals surface area contributed by atoms with E-state index in [1.165, 1.54) is 0 Å². The summed E-state index contributed by atoms with van der Waals surface area (Å²) in [5.41, 5.74) is 7.81. The lowest BCUT2D eigenvalue weighted by Gasteiger charge is -2.04. The van der Waals surface area contributed by atoms with E-state index in [1.807, 2.05) is 32.3 Å². The Morgan fingerprint density at radius 2 is 1.83 bits per heavy atom. The number of hydrogen-bond donors (Lipinski definition) is 2. The molecule has 0 amide bonds. The maximum atomic E-state index is 5.25. The highest BCUT2D eigenvalue weighted by Gasteiger charge is 2.16. The third-order valence-corrected chi connectivity index (χ3v) is 5.68.